The summed E-state index contributed by atoms with van der Waals surface area (Å²) in [6.07, 6.45) is 11.3. The Kier molecular flexibility index (Phi) is 11.7. The van der Waals surface area contributed by atoms with Gasteiger partial charge in [-0.1, -0.05) is 224 Å². The fourth-order valence-corrected chi connectivity index (χ4v) is 13.3. The summed E-state index contributed by atoms with van der Waals surface area (Å²) in [5, 5.41) is 0. The third kappa shape index (κ3) is 8.00. The van der Waals surface area contributed by atoms with Gasteiger partial charge in [-0.25, -0.2) is 0 Å². The van der Waals surface area contributed by atoms with Crippen LogP contribution in [-0.4, -0.2) is 0 Å². The molecule has 0 bridgehead atoms. The van der Waals surface area contributed by atoms with Gasteiger partial charge in [-0.05, 0) is 175 Å². The molecule has 0 aromatic heterocycles. The molecule has 77 heavy (non-hydrogen) atoms. The van der Waals surface area contributed by atoms with E-state index >= 15 is 0 Å². The zero-order valence-electron chi connectivity index (χ0n) is 45.1. The standard InChI is InChI=1S/C75H64N2/c1-7-75(8-2)71-47-53(31-29-51-33-39-61-63-43-37-59(49-69(63)73(3,4)67(61)45-51)76(55-21-13-9-14-22-55)56-23-15-10-16-24-56)35-41-65(71)66-42-36-54(48-72(66)75)32-30-52-34-40-62-64-44-38-60(50-70(64)74(5,6)68(62)46-52)77(57-25-17-11-18-26-57)58-27-19-12-20-28-58/h9-50H,7-8H2,1-6H3/b31-29+,32-30+. The number of hydrogen-bond donors (Lipinski definition) is 0. The third-order valence-corrected chi connectivity index (χ3v) is 17.5. The number of anilines is 6. The van der Waals surface area contributed by atoms with Crippen LogP contribution in [0.3, 0.4) is 0 Å². The van der Waals surface area contributed by atoms with Gasteiger partial charge in [-0.2, -0.15) is 0 Å². The van der Waals surface area contributed by atoms with E-state index in [-0.39, 0.29) is 16.2 Å². The first-order valence-electron chi connectivity index (χ1n) is 27.6. The molecular weight excluding hydrogens is 929 g/mol. The summed E-state index contributed by atoms with van der Waals surface area (Å²) in [4.78, 5) is 4.73. The van der Waals surface area contributed by atoms with E-state index in [1.165, 1.54) is 100 Å². The fraction of sp³-hybridized carbons (Fsp3) is 0.147. The van der Waals surface area contributed by atoms with Crippen molar-refractivity contribution in [1.82, 2.24) is 0 Å². The van der Waals surface area contributed by atoms with Gasteiger partial charge in [0.2, 0.25) is 0 Å². The highest BCUT2D eigenvalue weighted by atomic mass is 15.1. The van der Waals surface area contributed by atoms with Crippen molar-refractivity contribution >= 4 is 58.4 Å². The van der Waals surface area contributed by atoms with Gasteiger partial charge < -0.3 is 9.80 Å². The maximum absolute atomic E-state index is 2.47. The average molecular weight is 993 g/mol. The first-order chi connectivity index (χ1) is 37.6. The summed E-state index contributed by atoms with van der Waals surface area (Å²) in [5.41, 5.74) is 27.8. The van der Waals surface area contributed by atoms with Crippen LogP contribution in [0.2, 0.25) is 0 Å². The lowest BCUT2D eigenvalue weighted by Gasteiger charge is -2.30. The van der Waals surface area contributed by atoms with E-state index in [0.717, 1.165) is 35.6 Å². The molecule has 0 spiro atoms. The van der Waals surface area contributed by atoms with Crippen molar-refractivity contribution in [3.63, 3.8) is 0 Å². The minimum Gasteiger partial charge on any atom is -0.310 e. The average Bonchev–Trinajstić information content (AvgIpc) is 4.18. The molecule has 0 unspecified atom stereocenters. The summed E-state index contributed by atoms with van der Waals surface area (Å²) >= 11 is 0. The van der Waals surface area contributed by atoms with E-state index in [2.05, 4.69) is 306 Å². The van der Waals surface area contributed by atoms with E-state index in [4.69, 9.17) is 0 Å². The van der Waals surface area contributed by atoms with Gasteiger partial charge >= 0.3 is 0 Å². The Hall–Kier alpha value is -8.72. The number of hydrogen-bond acceptors (Lipinski definition) is 2. The van der Waals surface area contributed by atoms with Crippen LogP contribution in [0, 0.1) is 0 Å². The van der Waals surface area contributed by atoms with Crippen LogP contribution < -0.4 is 9.80 Å². The molecule has 13 rings (SSSR count). The summed E-state index contributed by atoms with van der Waals surface area (Å²) < 4.78 is 0. The van der Waals surface area contributed by atoms with Crippen LogP contribution in [0.1, 0.15) is 110 Å². The van der Waals surface area contributed by atoms with Crippen molar-refractivity contribution in [1.29, 1.82) is 0 Å². The second-order valence-electron chi connectivity index (χ2n) is 22.4. The van der Waals surface area contributed by atoms with Gasteiger partial charge in [0.25, 0.3) is 0 Å². The Bertz CT molecular complexity index is 3600. The molecule has 374 valence electrons. The number of nitrogens with zero attached hydrogens (tertiary/aromatic N) is 2. The number of para-hydroxylation sites is 4. The van der Waals surface area contributed by atoms with Gasteiger partial charge in [-0.15, -0.1) is 0 Å². The number of fused-ring (bicyclic) bond motifs is 9. The summed E-state index contributed by atoms with van der Waals surface area (Å²) in [7, 11) is 0. The lowest BCUT2D eigenvalue weighted by molar-refractivity contribution is 0.490. The Balaban J connectivity index is 0.750. The van der Waals surface area contributed by atoms with Gasteiger partial charge in [-0.3, -0.25) is 0 Å². The minimum absolute atomic E-state index is 0.0595. The smallest absolute Gasteiger partial charge is 0.0465 e. The van der Waals surface area contributed by atoms with Crippen molar-refractivity contribution in [2.75, 3.05) is 9.80 Å². The van der Waals surface area contributed by atoms with Crippen LogP contribution in [0.4, 0.5) is 34.1 Å². The van der Waals surface area contributed by atoms with Crippen LogP contribution in [0.15, 0.2) is 231 Å². The van der Waals surface area contributed by atoms with E-state index in [1.807, 2.05) is 0 Å². The quantitative estimate of drug-likeness (QED) is 0.113. The Labute approximate surface area is 456 Å². The Morgan fingerprint density at radius 2 is 0.519 bits per heavy atom. The lowest BCUT2D eigenvalue weighted by Crippen LogP contribution is -2.23. The molecule has 0 saturated carbocycles. The molecule has 0 N–H and O–H groups in total. The molecule has 0 amide bonds. The molecule has 0 radical (unpaired) electrons. The second-order valence-corrected chi connectivity index (χ2v) is 22.4. The first-order valence-corrected chi connectivity index (χ1v) is 27.6. The van der Waals surface area contributed by atoms with Gasteiger partial charge in [0, 0.05) is 50.4 Å². The van der Waals surface area contributed by atoms with Crippen molar-refractivity contribution < 1.29 is 0 Å². The maximum Gasteiger partial charge on any atom is 0.0465 e. The predicted molar refractivity (Wildman–Crippen MR) is 328 cm³/mol. The van der Waals surface area contributed by atoms with E-state index < -0.39 is 0 Å². The zero-order chi connectivity index (χ0) is 52.5. The lowest BCUT2D eigenvalue weighted by atomic mass is 9.73. The molecule has 10 aromatic carbocycles. The predicted octanol–water partition coefficient (Wildman–Crippen LogP) is 20.7. The molecule has 2 nitrogen and oxygen atoms in total. The highest BCUT2D eigenvalue weighted by Gasteiger charge is 2.41. The van der Waals surface area contributed by atoms with Crippen molar-refractivity contribution in [3.05, 3.63) is 286 Å². The normalized spacial score (nSPS) is 14.7. The fourth-order valence-electron chi connectivity index (χ4n) is 13.3. The van der Waals surface area contributed by atoms with Gasteiger partial charge in [0.15, 0.2) is 0 Å². The monoisotopic (exact) mass is 993 g/mol. The first kappa shape index (κ1) is 48.0. The molecule has 3 aliphatic rings. The maximum atomic E-state index is 2.47. The van der Waals surface area contributed by atoms with E-state index in [9.17, 15) is 0 Å². The highest BCUT2D eigenvalue weighted by Crippen LogP contribution is 2.55. The molecule has 3 aliphatic carbocycles. The Morgan fingerprint density at radius 1 is 0.273 bits per heavy atom. The largest absolute Gasteiger partial charge is 0.310 e. The van der Waals surface area contributed by atoms with E-state index in [1.54, 1.807) is 0 Å². The van der Waals surface area contributed by atoms with Crippen molar-refractivity contribution in [2.24, 2.45) is 0 Å². The summed E-state index contributed by atoms with van der Waals surface area (Å²) in [6, 6.07) is 85.2. The van der Waals surface area contributed by atoms with Gasteiger partial charge in [0.1, 0.15) is 0 Å². The summed E-state index contributed by atoms with van der Waals surface area (Å²) in [5.74, 6) is 0. The second kappa shape index (κ2) is 18.8. The van der Waals surface area contributed by atoms with Crippen LogP contribution in [0.5, 0.6) is 0 Å². The molecule has 10 aromatic rings. The topological polar surface area (TPSA) is 6.48 Å². The minimum atomic E-state index is -0.163. The summed E-state index contributed by atoms with van der Waals surface area (Å²) in [6.45, 7) is 14.3. The number of benzene rings is 10. The molecule has 0 saturated heterocycles. The zero-order valence-corrected chi connectivity index (χ0v) is 45.1. The van der Waals surface area contributed by atoms with Crippen LogP contribution in [-0.2, 0) is 16.2 Å². The molecule has 0 aliphatic heterocycles. The SMILES string of the molecule is CCC1(CC)c2cc(/C=C/c3ccc4c(c3)C(C)(C)c3cc(N(c5ccccc5)c5ccccc5)ccc3-4)ccc2-c2ccc(/C=C/c3ccc4c(c3)C(C)(C)c3cc(N(c5ccccc5)c5ccccc5)ccc3-4)cc21. The molecule has 0 heterocycles. The molecular formula is C75H64N2. The molecule has 0 atom stereocenters. The van der Waals surface area contributed by atoms with E-state index in [0.29, 0.717) is 0 Å². The van der Waals surface area contributed by atoms with Crippen molar-refractivity contribution in [2.45, 2.75) is 70.6 Å². The molecule has 2 heteroatoms. The van der Waals surface area contributed by atoms with Crippen molar-refractivity contribution in [3.8, 4) is 33.4 Å². The molecule has 0 fully saturated rings. The van der Waals surface area contributed by atoms with Gasteiger partial charge in [0.05, 0.1) is 0 Å². The number of rotatable bonds is 12. The Morgan fingerprint density at radius 3 is 0.805 bits per heavy atom. The van der Waals surface area contributed by atoms with Crippen LogP contribution in [0.25, 0.3) is 57.7 Å². The third-order valence-electron chi connectivity index (χ3n) is 17.5. The van der Waals surface area contributed by atoms with Crippen LogP contribution >= 0.6 is 0 Å². The highest BCUT2D eigenvalue weighted by molar-refractivity contribution is 5.90.